The average Bonchev–Trinajstić information content (AvgIpc) is 3.00. The molecule has 1 fully saturated rings. The molecule has 1 heterocycles. The van der Waals surface area contributed by atoms with Gasteiger partial charge in [0.2, 0.25) is 5.91 Å². The van der Waals surface area contributed by atoms with Gasteiger partial charge in [-0.25, -0.2) is 0 Å². The zero-order valence-corrected chi connectivity index (χ0v) is 14.7. The fraction of sp³-hybridized carbons (Fsp3) is 0.222. The van der Waals surface area contributed by atoms with Gasteiger partial charge in [-0.05, 0) is 48.5 Å². The Bertz CT molecular complexity index is 765. The molecule has 1 aliphatic rings. The number of amides is 1. The molecule has 1 aliphatic heterocycles. The van der Waals surface area contributed by atoms with Crippen LogP contribution >= 0.6 is 23.8 Å². The maximum absolute atomic E-state index is 11.9. The van der Waals surface area contributed by atoms with Gasteiger partial charge in [0.25, 0.3) is 0 Å². The van der Waals surface area contributed by atoms with Crippen LogP contribution in [0, 0.1) is 0 Å². The minimum atomic E-state index is 0.173. The highest BCUT2D eigenvalue weighted by Crippen LogP contribution is 2.24. The maximum Gasteiger partial charge on any atom is 0.227 e. The van der Waals surface area contributed by atoms with Crippen LogP contribution in [0.2, 0.25) is 5.02 Å². The van der Waals surface area contributed by atoms with Crippen molar-refractivity contribution in [1.82, 2.24) is 5.32 Å². The summed E-state index contributed by atoms with van der Waals surface area (Å²) in [6.07, 6.45) is 1.53. The number of hydrogen-bond donors (Lipinski definition) is 2. The van der Waals surface area contributed by atoms with Crippen LogP contribution in [0.1, 0.15) is 18.4 Å². The van der Waals surface area contributed by atoms with Crippen molar-refractivity contribution in [2.24, 2.45) is 0 Å². The van der Waals surface area contributed by atoms with Crippen LogP contribution in [0.4, 0.5) is 11.4 Å². The number of hydrogen-bond acceptors (Lipinski definition) is 2. The van der Waals surface area contributed by atoms with Crippen molar-refractivity contribution >= 4 is 46.2 Å². The van der Waals surface area contributed by atoms with E-state index in [-0.39, 0.29) is 5.91 Å². The van der Waals surface area contributed by atoms with Crippen molar-refractivity contribution < 1.29 is 4.79 Å². The number of benzene rings is 2. The predicted molar refractivity (Wildman–Crippen MR) is 103 cm³/mol. The topological polar surface area (TPSA) is 44.4 Å². The summed E-state index contributed by atoms with van der Waals surface area (Å²) in [5.41, 5.74) is 2.74. The molecule has 0 saturated carbocycles. The smallest absolute Gasteiger partial charge is 0.227 e. The molecule has 1 amide bonds. The lowest BCUT2D eigenvalue weighted by Crippen LogP contribution is -2.28. The van der Waals surface area contributed by atoms with E-state index in [4.69, 9.17) is 23.8 Å². The van der Waals surface area contributed by atoms with Gasteiger partial charge in [0.1, 0.15) is 0 Å². The number of nitrogens with zero attached hydrogens (tertiary/aromatic N) is 1. The summed E-state index contributed by atoms with van der Waals surface area (Å²) in [6, 6.07) is 15.4. The van der Waals surface area contributed by atoms with E-state index < -0.39 is 0 Å². The van der Waals surface area contributed by atoms with Crippen molar-refractivity contribution in [3.63, 3.8) is 0 Å². The molecule has 124 valence electrons. The lowest BCUT2D eigenvalue weighted by Gasteiger charge is -2.17. The highest BCUT2D eigenvalue weighted by Gasteiger charge is 2.21. The standard InChI is InChI=1S/C18H18ClN3OS/c19-16-8-2-1-5-13(16)12-20-18(24)21-14-6-3-7-15(11-14)22-10-4-9-17(22)23/h1-3,5-8,11H,4,9-10,12H2,(H2,20,21,24). The molecule has 0 spiro atoms. The van der Waals surface area contributed by atoms with E-state index in [0.717, 1.165) is 29.9 Å². The van der Waals surface area contributed by atoms with E-state index in [0.29, 0.717) is 23.1 Å². The monoisotopic (exact) mass is 359 g/mol. The second-order valence-electron chi connectivity index (χ2n) is 5.60. The Labute approximate surface area is 151 Å². The van der Waals surface area contributed by atoms with Crippen LogP contribution in [0.25, 0.3) is 0 Å². The molecule has 0 unspecified atom stereocenters. The molecular formula is C18H18ClN3OS. The third-order valence-electron chi connectivity index (χ3n) is 3.89. The van der Waals surface area contributed by atoms with E-state index in [9.17, 15) is 4.79 Å². The summed E-state index contributed by atoms with van der Waals surface area (Å²) < 4.78 is 0. The van der Waals surface area contributed by atoms with Crippen LogP contribution < -0.4 is 15.5 Å². The first kappa shape index (κ1) is 16.7. The number of halogens is 1. The first-order chi connectivity index (χ1) is 11.6. The Hall–Kier alpha value is -2.11. The molecule has 0 radical (unpaired) electrons. The normalized spacial score (nSPS) is 13.9. The fourth-order valence-corrected chi connectivity index (χ4v) is 3.06. The van der Waals surface area contributed by atoms with Gasteiger partial charge in [-0.15, -0.1) is 0 Å². The predicted octanol–water partition coefficient (Wildman–Crippen LogP) is 3.95. The Kier molecular flexibility index (Phi) is 5.33. The van der Waals surface area contributed by atoms with E-state index in [1.54, 1.807) is 0 Å². The summed E-state index contributed by atoms with van der Waals surface area (Å²) in [7, 11) is 0. The fourth-order valence-electron chi connectivity index (χ4n) is 2.67. The van der Waals surface area contributed by atoms with Gasteiger partial charge in [0.05, 0.1) is 0 Å². The van der Waals surface area contributed by atoms with Crippen molar-refractivity contribution in [2.75, 3.05) is 16.8 Å². The minimum Gasteiger partial charge on any atom is -0.358 e. The van der Waals surface area contributed by atoms with Gasteiger partial charge in [0.15, 0.2) is 5.11 Å². The van der Waals surface area contributed by atoms with Crippen LogP contribution in [-0.2, 0) is 11.3 Å². The number of nitrogens with one attached hydrogen (secondary N) is 2. The molecule has 24 heavy (non-hydrogen) atoms. The summed E-state index contributed by atoms with van der Waals surface area (Å²) in [5, 5.41) is 7.52. The number of rotatable bonds is 4. The zero-order chi connectivity index (χ0) is 16.9. The summed E-state index contributed by atoms with van der Waals surface area (Å²) in [6.45, 7) is 1.33. The first-order valence-corrected chi connectivity index (χ1v) is 8.61. The van der Waals surface area contributed by atoms with Gasteiger partial charge in [0, 0.05) is 35.9 Å². The minimum absolute atomic E-state index is 0.173. The Morgan fingerprint density at radius 3 is 2.79 bits per heavy atom. The van der Waals surface area contributed by atoms with Crippen LogP contribution in [0.5, 0.6) is 0 Å². The second kappa shape index (κ2) is 7.64. The number of carbonyl (C=O) groups is 1. The highest BCUT2D eigenvalue weighted by atomic mass is 35.5. The first-order valence-electron chi connectivity index (χ1n) is 7.82. The molecule has 3 rings (SSSR count). The number of carbonyl (C=O) groups excluding carboxylic acids is 1. The van der Waals surface area contributed by atoms with Crippen molar-refractivity contribution in [1.29, 1.82) is 0 Å². The van der Waals surface area contributed by atoms with E-state index in [2.05, 4.69) is 10.6 Å². The lowest BCUT2D eigenvalue weighted by molar-refractivity contribution is -0.117. The number of thiocarbonyl (C=S) groups is 1. The van der Waals surface area contributed by atoms with Gasteiger partial charge in [-0.1, -0.05) is 35.9 Å². The Morgan fingerprint density at radius 2 is 2.04 bits per heavy atom. The van der Waals surface area contributed by atoms with Crippen LogP contribution in [-0.4, -0.2) is 17.6 Å². The van der Waals surface area contributed by atoms with Crippen LogP contribution in [0.3, 0.4) is 0 Å². The maximum atomic E-state index is 11.9. The summed E-state index contributed by atoms with van der Waals surface area (Å²) in [4.78, 5) is 13.7. The van der Waals surface area contributed by atoms with E-state index in [1.807, 2.05) is 53.4 Å². The third kappa shape index (κ3) is 4.04. The lowest BCUT2D eigenvalue weighted by atomic mass is 10.2. The van der Waals surface area contributed by atoms with Gasteiger partial charge in [-0.3, -0.25) is 4.79 Å². The number of anilines is 2. The van der Waals surface area contributed by atoms with E-state index in [1.165, 1.54) is 0 Å². The molecule has 0 aliphatic carbocycles. The van der Waals surface area contributed by atoms with Crippen molar-refractivity contribution in [2.45, 2.75) is 19.4 Å². The third-order valence-corrected chi connectivity index (χ3v) is 4.50. The molecule has 2 aromatic carbocycles. The SMILES string of the molecule is O=C1CCCN1c1cccc(NC(=S)NCc2ccccc2Cl)c1. The van der Waals surface area contributed by atoms with Gasteiger partial charge in [-0.2, -0.15) is 0 Å². The summed E-state index contributed by atoms with van der Waals surface area (Å²) >= 11 is 11.5. The molecule has 2 N–H and O–H groups in total. The van der Waals surface area contributed by atoms with Crippen LogP contribution in [0.15, 0.2) is 48.5 Å². The molecular weight excluding hydrogens is 342 g/mol. The van der Waals surface area contributed by atoms with Crippen molar-refractivity contribution in [3.8, 4) is 0 Å². The molecule has 4 nitrogen and oxygen atoms in total. The molecule has 1 saturated heterocycles. The van der Waals surface area contributed by atoms with Gasteiger partial charge >= 0.3 is 0 Å². The zero-order valence-electron chi connectivity index (χ0n) is 13.1. The molecule has 0 bridgehead atoms. The second-order valence-corrected chi connectivity index (χ2v) is 6.41. The largest absolute Gasteiger partial charge is 0.358 e. The molecule has 6 heteroatoms. The van der Waals surface area contributed by atoms with Crippen molar-refractivity contribution in [3.05, 3.63) is 59.1 Å². The van der Waals surface area contributed by atoms with E-state index >= 15 is 0 Å². The molecule has 0 atom stereocenters. The molecule has 2 aromatic rings. The van der Waals surface area contributed by atoms with Gasteiger partial charge < -0.3 is 15.5 Å². The average molecular weight is 360 g/mol. The summed E-state index contributed by atoms with van der Waals surface area (Å²) in [5.74, 6) is 0.173. The quantitative estimate of drug-likeness (QED) is 0.811. The Morgan fingerprint density at radius 1 is 1.21 bits per heavy atom. The Balaban J connectivity index is 1.60. The highest BCUT2D eigenvalue weighted by molar-refractivity contribution is 7.80. The molecule has 0 aromatic heterocycles.